The highest BCUT2D eigenvalue weighted by Crippen LogP contribution is 2.39. The van der Waals surface area contributed by atoms with Crippen molar-refractivity contribution in [3.05, 3.63) is 77.3 Å². The van der Waals surface area contributed by atoms with Crippen molar-refractivity contribution >= 4 is 34.5 Å². The van der Waals surface area contributed by atoms with Crippen LogP contribution in [0.3, 0.4) is 0 Å². The Morgan fingerprint density at radius 2 is 1.97 bits per heavy atom. The van der Waals surface area contributed by atoms with E-state index in [1.165, 1.54) is 11.3 Å². The first-order valence-electron chi connectivity index (χ1n) is 11.0. The normalized spacial score (nSPS) is 15.1. The Balaban J connectivity index is 1.40. The maximum absolute atomic E-state index is 13.1. The fraction of sp³-hybridized carbons (Fsp3) is 0.192. The predicted molar refractivity (Wildman–Crippen MR) is 135 cm³/mol. The second-order valence-electron chi connectivity index (χ2n) is 7.74. The lowest BCUT2D eigenvalue weighted by molar-refractivity contribution is -0.126. The van der Waals surface area contributed by atoms with Crippen molar-refractivity contribution in [1.82, 2.24) is 9.97 Å². The van der Waals surface area contributed by atoms with Crippen LogP contribution in [-0.2, 0) is 4.79 Å². The zero-order valence-corrected chi connectivity index (χ0v) is 20.1. The van der Waals surface area contributed by atoms with E-state index < -0.39 is 6.10 Å². The minimum Gasteiger partial charge on any atom is -0.492 e. The van der Waals surface area contributed by atoms with Gasteiger partial charge in [0, 0.05) is 22.2 Å². The zero-order chi connectivity index (χ0) is 23.5. The summed E-state index contributed by atoms with van der Waals surface area (Å²) in [5.41, 5.74) is 3.30. The minimum absolute atomic E-state index is 0.0701. The third-order valence-electron chi connectivity index (χ3n) is 5.51. The van der Waals surface area contributed by atoms with Gasteiger partial charge in [-0.15, -0.1) is 11.3 Å². The van der Waals surface area contributed by atoms with E-state index in [-0.39, 0.29) is 5.91 Å². The molecule has 0 bridgehead atoms. The number of halogens is 1. The molecule has 2 aromatic carbocycles. The van der Waals surface area contributed by atoms with Crippen LogP contribution >= 0.6 is 22.9 Å². The molecular formula is C26H22ClN3O3S. The SMILES string of the molecule is CCC1Oc2ccc(-c3csc(-c4ccccn4)n3)cc2N(CCOc2ccc(Cl)cc2)C1=O. The summed E-state index contributed by atoms with van der Waals surface area (Å²) in [5.74, 6) is 1.32. The molecule has 1 aliphatic rings. The molecule has 1 atom stereocenters. The highest BCUT2D eigenvalue weighted by molar-refractivity contribution is 7.13. The van der Waals surface area contributed by atoms with Gasteiger partial charge in [-0.1, -0.05) is 24.6 Å². The molecular weight excluding hydrogens is 470 g/mol. The molecule has 2 aromatic heterocycles. The molecule has 5 rings (SSSR count). The van der Waals surface area contributed by atoms with Crippen LogP contribution in [0, 0.1) is 0 Å². The molecule has 4 aromatic rings. The molecule has 3 heterocycles. The molecule has 0 fully saturated rings. The number of amides is 1. The lowest BCUT2D eigenvalue weighted by atomic mass is 10.1. The highest BCUT2D eigenvalue weighted by atomic mass is 35.5. The molecule has 0 aliphatic carbocycles. The van der Waals surface area contributed by atoms with Crippen LogP contribution in [0.1, 0.15) is 13.3 Å². The van der Waals surface area contributed by atoms with Crippen molar-refractivity contribution in [2.24, 2.45) is 0 Å². The van der Waals surface area contributed by atoms with Crippen molar-refractivity contribution < 1.29 is 14.3 Å². The molecule has 34 heavy (non-hydrogen) atoms. The van der Waals surface area contributed by atoms with E-state index in [0.29, 0.717) is 36.1 Å². The number of thiazole rings is 1. The van der Waals surface area contributed by atoms with E-state index in [1.54, 1.807) is 23.2 Å². The maximum atomic E-state index is 13.1. The number of aromatic nitrogens is 2. The van der Waals surface area contributed by atoms with Crippen LogP contribution in [0.5, 0.6) is 11.5 Å². The van der Waals surface area contributed by atoms with Crippen LogP contribution in [0.2, 0.25) is 5.02 Å². The third kappa shape index (κ3) is 4.62. The smallest absolute Gasteiger partial charge is 0.268 e. The van der Waals surface area contributed by atoms with Crippen molar-refractivity contribution in [2.45, 2.75) is 19.4 Å². The number of carbonyl (C=O) groups excluding carboxylic acids is 1. The number of benzene rings is 2. The summed E-state index contributed by atoms with van der Waals surface area (Å²) in [7, 11) is 0. The van der Waals surface area contributed by atoms with Gasteiger partial charge in [0.15, 0.2) is 6.10 Å². The van der Waals surface area contributed by atoms with Gasteiger partial charge in [0.25, 0.3) is 5.91 Å². The zero-order valence-electron chi connectivity index (χ0n) is 18.5. The van der Waals surface area contributed by atoms with Crippen molar-refractivity contribution in [3.63, 3.8) is 0 Å². The Kier molecular flexibility index (Phi) is 6.47. The van der Waals surface area contributed by atoms with Crippen molar-refractivity contribution in [2.75, 3.05) is 18.1 Å². The molecule has 0 saturated carbocycles. The molecule has 8 heteroatoms. The van der Waals surface area contributed by atoms with Gasteiger partial charge in [0.1, 0.15) is 23.1 Å². The van der Waals surface area contributed by atoms with E-state index in [4.69, 9.17) is 26.1 Å². The van der Waals surface area contributed by atoms with Crippen LogP contribution < -0.4 is 14.4 Å². The van der Waals surface area contributed by atoms with Crippen LogP contribution in [0.25, 0.3) is 22.0 Å². The number of carbonyl (C=O) groups is 1. The van der Waals surface area contributed by atoms with Gasteiger partial charge >= 0.3 is 0 Å². The molecule has 0 radical (unpaired) electrons. The predicted octanol–water partition coefficient (Wildman–Crippen LogP) is 6.11. The highest BCUT2D eigenvalue weighted by Gasteiger charge is 2.33. The summed E-state index contributed by atoms with van der Waals surface area (Å²) in [6, 6.07) is 18.8. The second kappa shape index (κ2) is 9.83. The van der Waals surface area contributed by atoms with E-state index in [0.717, 1.165) is 27.6 Å². The number of pyridine rings is 1. The lowest BCUT2D eigenvalue weighted by Gasteiger charge is -2.34. The van der Waals surface area contributed by atoms with E-state index in [9.17, 15) is 4.79 Å². The first-order chi connectivity index (χ1) is 16.6. The summed E-state index contributed by atoms with van der Waals surface area (Å²) in [6.45, 7) is 2.68. The van der Waals surface area contributed by atoms with E-state index >= 15 is 0 Å². The molecule has 1 unspecified atom stereocenters. The van der Waals surface area contributed by atoms with Gasteiger partial charge in [0.05, 0.1) is 23.6 Å². The van der Waals surface area contributed by atoms with Gasteiger partial charge in [-0.05, 0) is 61.0 Å². The third-order valence-corrected chi connectivity index (χ3v) is 6.63. The topological polar surface area (TPSA) is 64.6 Å². The molecule has 0 spiro atoms. The summed E-state index contributed by atoms with van der Waals surface area (Å²) in [6.07, 6.45) is 1.84. The van der Waals surface area contributed by atoms with Gasteiger partial charge in [-0.25, -0.2) is 4.98 Å². The van der Waals surface area contributed by atoms with E-state index in [1.807, 2.05) is 60.8 Å². The Morgan fingerprint density at radius 1 is 1.12 bits per heavy atom. The number of hydrogen-bond donors (Lipinski definition) is 0. The standard InChI is InChI=1S/C26H22ClN3O3S/c1-2-23-26(31)30(13-14-32-19-9-7-18(27)8-10-19)22-15-17(6-11-24(22)33-23)21-16-34-25(29-21)20-5-3-4-12-28-20/h3-12,15-16,23H,2,13-14H2,1H3. The number of nitrogens with zero attached hydrogens (tertiary/aromatic N) is 3. The number of hydrogen-bond acceptors (Lipinski definition) is 6. The molecule has 1 amide bonds. The van der Waals surface area contributed by atoms with Crippen LogP contribution in [0.4, 0.5) is 5.69 Å². The minimum atomic E-state index is -0.510. The van der Waals surface area contributed by atoms with Gasteiger partial charge in [-0.3, -0.25) is 9.78 Å². The Morgan fingerprint density at radius 3 is 2.74 bits per heavy atom. The molecule has 6 nitrogen and oxygen atoms in total. The number of fused-ring (bicyclic) bond motifs is 1. The maximum Gasteiger partial charge on any atom is 0.268 e. The van der Waals surface area contributed by atoms with Crippen LogP contribution in [0.15, 0.2) is 72.2 Å². The van der Waals surface area contributed by atoms with Gasteiger partial charge < -0.3 is 14.4 Å². The Bertz CT molecular complexity index is 1290. The van der Waals surface area contributed by atoms with E-state index in [2.05, 4.69) is 4.98 Å². The fourth-order valence-electron chi connectivity index (χ4n) is 3.77. The Hall–Kier alpha value is -3.42. The number of anilines is 1. The Labute approximate surface area is 206 Å². The summed E-state index contributed by atoms with van der Waals surface area (Å²) in [4.78, 5) is 24.0. The molecule has 1 aliphatic heterocycles. The average molecular weight is 492 g/mol. The fourth-order valence-corrected chi connectivity index (χ4v) is 4.70. The summed E-state index contributed by atoms with van der Waals surface area (Å²) >= 11 is 7.48. The quantitative estimate of drug-likeness (QED) is 0.312. The summed E-state index contributed by atoms with van der Waals surface area (Å²) in [5, 5.41) is 3.50. The van der Waals surface area contributed by atoms with Gasteiger partial charge in [0.2, 0.25) is 0 Å². The monoisotopic (exact) mass is 491 g/mol. The van der Waals surface area contributed by atoms with Crippen molar-refractivity contribution in [3.8, 4) is 33.5 Å². The summed E-state index contributed by atoms with van der Waals surface area (Å²) < 4.78 is 11.8. The molecule has 0 N–H and O–H groups in total. The first kappa shape index (κ1) is 22.4. The molecule has 172 valence electrons. The lowest BCUT2D eigenvalue weighted by Crippen LogP contribution is -2.47. The van der Waals surface area contributed by atoms with Crippen LogP contribution in [-0.4, -0.2) is 35.1 Å². The van der Waals surface area contributed by atoms with Gasteiger partial charge in [-0.2, -0.15) is 0 Å². The average Bonchev–Trinajstić information content (AvgIpc) is 3.37. The largest absolute Gasteiger partial charge is 0.492 e. The number of ether oxygens (including phenoxy) is 2. The van der Waals surface area contributed by atoms with Crippen molar-refractivity contribution in [1.29, 1.82) is 0 Å². The molecule has 0 saturated heterocycles. The first-order valence-corrected chi connectivity index (χ1v) is 12.3. The second-order valence-corrected chi connectivity index (χ2v) is 9.04. The number of rotatable bonds is 7.